The van der Waals surface area contributed by atoms with Crippen LogP contribution in [0.25, 0.3) is 21.8 Å². The van der Waals surface area contributed by atoms with Crippen molar-refractivity contribution in [3.63, 3.8) is 0 Å². The Labute approximate surface area is 167 Å². The molecule has 0 aliphatic rings. The normalized spacial score (nSPS) is 10.9. The fourth-order valence-electron chi connectivity index (χ4n) is 3.35. The van der Waals surface area contributed by atoms with Crippen molar-refractivity contribution < 1.29 is 14.3 Å². The number of carbonyl (C=O) groups excluding carboxylic acids is 2. The first kappa shape index (κ1) is 18.6. The van der Waals surface area contributed by atoms with Crippen molar-refractivity contribution in [1.29, 1.82) is 0 Å². The number of aromatic amines is 2. The Morgan fingerprint density at radius 3 is 2.79 bits per heavy atom. The van der Waals surface area contributed by atoms with Gasteiger partial charge in [-0.2, -0.15) is 0 Å². The molecule has 0 saturated carbocycles. The Morgan fingerprint density at radius 2 is 1.93 bits per heavy atom. The molecule has 0 saturated heterocycles. The van der Waals surface area contributed by atoms with Gasteiger partial charge in [0.2, 0.25) is 0 Å². The van der Waals surface area contributed by atoms with Crippen molar-refractivity contribution in [3.05, 3.63) is 66.0 Å². The lowest BCUT2D eigenvalue weighted by molar-refractivity contribution is 0.0520. The van der Waals surface area contributed by atoms with Gasteiger partial charge in [-0.15, -0.1) is 0 Å². The van der Waals surface area contributed by atoms with Crippen LogP contribution >= 0.6 is 0 Å². The smallest absolute Gasteiger partial charge is 0.354 e. The quantitative estimate of drug-likeness (QED) is 0.372. The zero-order valence-electron chi connectivity index (χ0n) is 16.0. The molecule has 2 aromatic carbocycles. The molecule has 0 unspecified atom stereocenters. The molecule has 29 heavy (non-hydrogen) atoms. The fourth-order valence-corrected chi connectivity index (χ4v) is 3.35. The minimum atomic E-state index is -0.395. The Bertz CT molecular complexity index is 1180. The van der Waals surface area contributed by atoms with Crippen LogP contribution in [0.4, 0.5) is 10.5 Å². The van der Waals surface area contributed by atoms with Crippen LogP contribution in [0.3, 0.4) is 0 Å². The van der Waals surface area contributed by atoms with Crippen molar-refractivity contribution in [1.82, 2.24) is 15.3 Å². The Hall–Kier alpha value is -3.74. The van der Waals surface area contributed by atoms with Gasteiger partial charge in [0.1, 0.15) is 5.69 Å². The van der Waals surface area contributed by atoms with Crippen molar-refractivity contribution >= 4 is 39.5 Å². The first-order chi connectivity index (χ1) is 14.1. The Morgan fingerprint density at radius 1 is 1.07 bits per heavy atom. The second kappa shape index (κ2) is 8.10. The molecule has 0 radical (unpaired) electrons. The summed E-state index contributed by atoms with van der Waals surface area (Å²) < 4.78 is 5.00. The predicted molar refractivity (Wildman–Crippen MR) is 113 cm³/mol. The van der Waals surface area contributed by atoms with Crippen LogP contribution in [0.1, 0.15) is 23.0 Å². The maximum Gasteiger partial charge on any atom is 0.354 e. The summed E-state index contributed by atoms with van der Waals surface area (Å²) in [5, 5.41) is 7.70. The second-order valence-electron chi connectivity index (χ2n) is 6.70. The van der Waals surface area contributed by atoms with Crippen LogP contribution in [-0.2, 0) is 11.2 Å². The van der Waals surface area contributed by atoms with E-state index in [0.29, 0.717) is 24.5 Å². The minimum absolute atomic E-state index is 0.273. The van der Waals surface area contributed by atoms with E-state index in [1.807, 2.05) is 36.5 Å². The van der Waals surface area contributed by atoms with Gasteiger partial charge >= 0.3 is 12.0 Å². The fraction of sp³-hybridized carbons (Fsp3) is 0.182. The van der Waals surface area contributed by atoms with E-state index in [1.165, 1.54) is 10.9 Å². The van der Waals surface area contributed by atoms with Crippen molar-refractivity contribution in [3.8, 4) is 0 Å². The van der Waals surface area contributed by atoms with Gasteiger partial charge in [0, 0.05) is 40.2 Å². The van der Waals surface area contributed by atoms with Crippen LogP contribution in [0.15, 0.2) is 54.7 Å². The summed E-state index contributed by atoms with van der Waals surface area (Å²) in [4.78, 5) is 30.3. The number of rotatable bonds is 6. The lowest BCUT2D eigenvalue weighted by Crippen LogP contribution is -2.30. The summed E-state index contributed by atoms with van der Waals surface area (Å²) in [6.45, 7) is 2.60. The van der Waals surface area contributed by atoms with Gasteiger partial charge in [-0.1, -0.05) is 18.2 Å². The van der Waals surface area contributed by atoms with Crippen molar-refractivity contribution in [2.24, 2.45) is 0 Å². The molecule has 148 valence electrons. The number of ether oxygens (including phenoxy) is 1. The highest BCUT2D eigenvalue weighted by Crippen LogP contribution is 2.21. The molecule has 2 aromatic heterocycles. The van der Waals surface area contributed by atoms with E-state index >= 15 is 0 Å². The molecule has 0 spiro atoms. The Balaban J connectivity index is 1.35. The van der Waals surface area contributed by atoms with E-state index in [9.17, 15) is 9.59 Å². The number of hydrogen-bond donors (Lipinski definition) is 4. The van der Waals surface area contributed by atoms with Gasteiger partial charge in [-0.25, -0.2) is 9.59 Å². The zero-order chi connectivity index (χ0) is 20.2. The number of urea groups is 1. The average molecular weight is 390 g/mol. The van der Waals surface area contributed by atoms with Crippen LogP contribution in [0.2, 0.25) is 0 Å². The standard InChI is InChI=1S/C22H22N4O3/c1-2-29-21(27)20-12-15-11-16(7-8-18(15)26-20)25-22(28)23-10-9-14-13-24-19-6-4-3-5-17(14)19/h3-8,11-13,24,26H,2,9-10H2,1H3,(H2,23,25,28). The molecule has 4 rings (SSSR count). The van der Waals surface area contributed by atoms with E-state index in [-0.39, 0.29) is 6.03 Å². The number of carbonyl (C=O) groups is 2. The van der Waals surface area contributed by atoms with Crippen LogP contribution in [-0.4, -0.2) is 35.1 Å². The number of para-hydroxylation sites is 1. The van der Waals surface area contributed by atoms with Gasteiger partial charge in [0.05, 0.1) is 6.61 Å². The van der Waals surface area contributed by atoms with E-state index < -0.39 is 5.97 Å². The molecule has 0 aliphatic heterocycles. The zero-order valence-corrected chi connectivity index (χ0v) is 16.0. The lowest BCUT2D eigenvalue weighted by Gasteiger charge is -2.07. The van der Waals surface area contributed by atoms with E-state index in [1.54, 1.807) is 19.1 Å². The van der Waals surface area contributed by atoms with Crippen molar-refractivity contribution in [2.45, 2.75) is 13.3 Å². The molecule has 2 heterocycles. The summed E-state index contributed by atoms with van der Waals surface area (Å²) in [6.07, 6.45) is 2.71. The highest BCUT2D eigenvalue weighted by molar-refractivity contribution is 5.97. The number of esters is 1. The monoisotopic (exact) mass is 390 g/mol. The average Bonchev–Trinajstić information content (AvgIpc) is 3.32. The third-order valence-corrected chi connectivity index (χ3v) is 4.73. The van der Waals surface area contributed by atoms with Gasteiger partial charge in [0.25, 0.3) is 0 Å². The molecule has 7 nitrogen and oxygen atoms in total. The number of nitrogens with one attached hydrogen (secondary N) is 4. The highest BCUT2D eigenvalue weighted by atomic mass is 16.5. The van der Waals surface area contributed by atoms with Crippen LogP contribution < -0.4 is 10.6 Å². The maximum absolute atomic E-state index is 12.2. The first-order valence-corrected chi connectivity index (χ1v) is 9.54. The molecule has 0 atom stereocenters. The SMILES string of the molecule is CCOC(=O)c1cc2cc(NC(=O)NCCc3c[nH]c4ccccc34)ccc2[nH]1. The number of anilines is 1. The van der Waals surface area contributed by atoms with E-state index in [4.69, 9.17) is 4.74 Å². The highest BCUT2D eigenvalue weighted by Gasteiger charge is 2.11. The topological polar surface area (TPSA) is 99.0 Å². The molecule has 4 N–H and O–H groups in total. The maximum atomic E-state index is 12.2. The molecular weight excluding hydrogens is 368 g/mol. The molecular formula is C22H22N4O3. The molecule has 0 bridgehead atoms. The summed E-state index contributed by atoms with van der Waals surface area (Å²) in [7, 11) is 0. The van der Waals surface area contributed by atoms with Crippen molar-refractivity contribution in [2.75, 3.05) is 18.5 Å². The molecule has 0 aliphatic carbocycles. The summed E-state index contributed by atoms with van der Waals surface area (Å²) >= 11 is 0. The number of H-pyrrole nitrogens is 2. The third kappa shape index (κ3) is 4.08. The van der Waals surface area contributed by atoms with Gasteiger partial charge in [0.15, 0.2) is 0 Å². The summed E-state index contributed by atoms with van der Waals surface area (Å²) in [5.41, 5.74) is 4.10. The molecule has 7 heteroatoms. The predicted octanol–water partition coefficient (Wildman–Crippen LogP) is 4.19. The lowest BCUT2D eigenvalue weighted by atomic mass is 10.1. The summed E-state index contributed by atoms with van der Waals surface area (Å²) in [6, 6.07) is 15.0. The van der Waals surface area contributed by atoms with E-state index in [0.717, 1.165) is 22.8 Å². The number of aromatic nitrogens is 2. The third-order valence-electron chi connectivity index (χ3n) is 4.73. The molecule has 4 aromatic rings. The number of amides is 2. The second-order valence-corrected chi connectivity index (χ2v) is 6.70. The van der Waals surface area contributed by atoms with Gasteiger partial charge in [-0.3, -0.25) is 0 Å². The first-order valence-electron chi connectivity index (χ1n) is 9.54. The number of benzene rings is 2. The van der Waals surface area contributed by atoms with Gasteiger partial charge in [-0.05, 0) is 49.2 Å². The Kier molecular flexibility index (Phi) is 5.20. The molecule has 0 fully saturated rings. The van der Waals surface area contributed by atoms with Crippen LogP contribution in [0.5, 0.6) is 0 Å². The summed E-state index contributed by atoms with van der Waals surface area (Å²) in [5.74, 6) is -0.395. The van der Waals surface area contributed by atoms with E-state index in [2.05, 4.69) is 26.7 Å². The van der Waals surface area contributed by atoms with Gasteiger partial charge < -0.3 is 25.3 Å². The molecule has 2 amide bonds. The largest absolute Gasteiger partial charge is 0.461 e. The number of hydrogen-bond acceptors (Lipinski definition) is 3. The number of fused-ring (bicyclic) bond motifs is 2. The minimum Gasteiger partial charge on any atom is -0.461 e. The van der Waals surface area contributed by atoms with Crippen LogP contribution in [0, 0.1) is 0 Å².